The molecule has 0 spiro atoms. The number of aromatic nitrogens is 1. The molecule has 0 radical (unpaired) electrons. The summed E-state index contributed by atoms with van der Waals surface area (Å²) in [4.78, 5) is 20.6. The quantitative estimate of drug-likeness (QED) is 0.616. The second-order valence-electron chi connectivity index (χ2n) is 10.9. The van der Waals surface area contributed by atoms with Gasteiger partial charge in [0.25, 0.3) is 0 Å². The van der Waals surface area contributed by atoms with Crippen molar-refractivity contribution in [1.82, 2.24) is 26.1 Å². The molecule has 1 aromatic carbocycles. The van der Waals surface area contributed by atoms with Crippen LogP contribution in [-0.4, -0.2) is 41.0 Å². The fourth-order valence-corrected chi connectivity index (χ4v) is 6.49. The Bertz CT molecular complexity index is 1000. The summed E-state index contributed by atoms with van der Waals surface area (Å²) in [5.41, 5.74) is 10.5. The molecule has 1 aromatic heterocycles. The first-order valence-corrected chi connectivity index (χ1v) is 13.2. The summed E-state index contributed by atoms with van der Waals surface area (Å²) in [5.74, 6) is 0.908. The van der Waals surface area contributed by atoms with Gasteiger partial charge in [0, 0.05) is 30.9 Å². The van der Waals surface area contributed by atoms with Crippen LogP contribution in [0.4, 0.5) is 0 Å². The van der Waals surface area contributed by atoms with Crippen molar-refractivity contribution in [3.05, 3.63) is 65.5 Å². The molecule has 4 fully saturated rings. The number of nitrogens with zero attached hydrogens (tertiary/aromatic N) is 2. The maximum absolute atomic E-state index is 13.4. The number of rotatable bonds is 6. The second kappa shape index (κ2) is 9.40. The number of hydrogen-bond donors (Lipinski definition) is 3. The van der Waals surface area contributed by atoms with Crippen LogP contribution in [0.5, 0.6) is 0 Å². The zero-order chi connectivity index (χ0) is 23.0. The van der Waals surface area contributed by atoms with Gasteiger partial charge in [0.1, 0.15) is 6.04 Å². The van der Waals surface area contributed by atoms with Gasteiger partial charge in [-0.15, -0.1) is 0 Å². The highest BCUT2D eigenvalue weighted by molar-refractivity contribution is 5.84. The van der Waals surface area contributed by atoms with Crippen molar-refractivity contribution >= 4 is 5.91 Å². The Labute approximate surface area is 202 Å². The van der Waals surface area contributed by atoms with Crippen LogP contribution in [0.25, 0.3) is 0 Å². The summed E-state index contributed by atoms with van der Waals surface area (Å²) in [5, 5.41) is 3.41. The largest absolute Gasteiger partial charge is 0.345 e. The number of benzene rings is 1. The Morgan fingerprint density at radius 1 is 1.06 bits per heavy atom. The van der Waals surface area contributed by atoms with Gasteiger partial charge in [-0.2, -0.15) is 0 Å². The minimum absolute atomic E-state index is 0.138. The van der Waals surface area contributed by atoms with E-state index in [0.29, 0.717) is 17.9 Å². The molecule has 2 saturated carbocycles. The molecule has 6 rings (SSSR count). The molecule has 0 bridgehead atoms. The Morgan fingerprint density at radius 3 is 2.68 bits per heavy atom. The zero-order valence-corrected chi connectivity index (χ0v) is 20.0. The van der Waals surface area contributed by atoms with Gasteiger partial charge in [-0.3, -0.25) is 20.1 Å². The topological polar surface area (TPSA) is 69.3 Å². The lowest BCUT2D eigenvalue weighted by Gasteiger charge is -2.33. The number of piperidine rings is 1. The molecule has 4 aliphatic rings. The van der Waals surface area contributed by atoms with Crippen molar-refractivity contribution < 1.29 is 4.79 Å². The average molecular weight is 460 g/mol. The number of likely N-dealkylation sites (tertiary alicyclic amines) is 1. The van der Waals surface area contributed by atoms with E-state index in [2.05, 4.69) is 62.6 Å². The van der Waals surface area contributed by atoms with E-state index in [9.17, 15) is 4.79 Å². The van der Waals surface area contributed by atoms with Crippen molar-refractivity contribution in [2.75, 3.05) is 13.1 Å². The SMILES string of the molecule is O=C(NC1(c2ccccc2)CC1)C1NNC2CCC(c3cncc(CN4CCCCC4)c3)CC21. The molecule has 2 saturated heterocycles. The number of hydrazine groups is 1. The van der Waals surface area contributed by atoms with Crippen molar-refractivity contribution in [2.24, 2.45) is 5.92 Å². The standard InChI is InChI=1S/C28H37N5O/c34-27(30-28(11-12-28)23-7-3-1-4-8-23)26-24-16-21(9-10-25(24)31-32-26)22-15-20(17-29-18-22)19-33-13-5-2-6-14-33/h1,3-4,7-8,15,17-18,21,24-26,31-32H,2,5-6,9-14,16,19H2,(H,30,34). The third kappa shape index (κ3) is 4.51. The molecule has 34 heavy (non-hydrogen) atoms. The number of carbonyl (C=O) groups is 1. The first-order chi connectivity index (χ1) is 16.7. The molecule has 4 unspecified atom stereocenters. The fourth-order valence-electron chi connectivity index (χ4n) is 6.49. The van der Waals surface area contributed by atoms with Crippen LogP contribution in [0.1, 0.15) is 74.0 Å². The van der Waals surface area contributed by atoms with E-state index in [1.807, 2.05) is 12.3 Å². The molecule has 3 N–H and O–H groups in total. The summed E-state index contributed by atoms with van der Waals surface area (Å²) in [7, 11) is 0. The number of fused-ring (bicyclic) bond motifs is 1. The fraction of sp³-hybridized carbons (Fsp3) is 0.571. The summed E-state index contributed by atoms with van der Waals surface area (Å²) in [6.07, 6.45) is 13.4. The molecular formula is C28H37N5O. The molecule has 2 aliphatic heterocycles. The highest BCUT2D eigenvalue weighted by Crippen LogP contribution is 2.46. The van der Waals surface area contributed by atoms with Crippen LogP contribution in [0.2, 0.25) is 0 Å². The van der Waals surface area contributed by atoms with Crippen molar-refractivity contribution in [1.29, 1.82) is 0 Å². The Kier molecular flexibility index (Phi) is 6.14. The van der Waals surface area contributed by atoms with Gasteiger partial charge in [-0.25, -0.2) is 5.43 Å². The molecular weight excluding hydrogens is 422 g/mol. The summed E-state index contributed by atoms with van der Waals surface area (Å²) in [6.45, 7) is 3.42. The molecule has 2 aromatic rings. The molecule has 180 valence electrons. The lowest BCUT2D eigenvalue weighted by atomic mass is 9.73. The lowest BCUT2D eigenvalue weighted by Crippen LogP contribution is -2.49. The van der Waals surface area contributed by atoms with Crippen LogP contribution in [0, 0.1) is 5.92 Å². The van der Waals surface area contributed by atoms with E-state index < -0.39 is 0 Å². The van der Waals surface area contributed by atoms with Crippen molar-refractivity contribution in [3.63, 3.8) is 0 Å². The predicted molar refractivity (Wildman–Crippen MR) is 133 cm³/mol. The monoisotopic (exact) mass is 459 g/mol. The number of hydrogen-bond acceptors (Lipinski definition) is 5. The van der Waals surface area contributed by atoms with E-state index in [-0.39, 0.29) is 17.5 Å². The van der Waals surface area contributed by atoms with Crippen molar-refractivity contribution in [3.8, 4) is 0 Å². The first kappa shape index (κ1) is 22.2. The smallest absolute Gasteiger partial charge is 0.239 e. The Hall–Kier alpha value is -2.28. The minimum atomic E-state index is -0.182. The first-order valence-electron chi connectivity index (χ1n) is 13.2. The lowest BCUT2D eigenvalue weighted by molar-refractivity contribution is -0.125. The summed E-state index contributed by atoms with van der Waals surface area (Å²) in [6, 6.07) is 13.0. The van der Waals surface area contributed by atoms with Crippen LogP contribution in [-0.2, 0) is 16.9 Å². The van der Waals surface area contributed by atoms with Gasteiger partial charge in [-0.05, 0) is 80.6 Å². The van der Waals surface area contributed by atoms with E-state index in [1.165, 1.54) is 49.0 Å². The van der Waals surface area contributed by atoms with Crippen LogP contribution < -0.4 is 16.2 Å². The van der Waals surface area contributed by atoms with Gasteiger partial charge >= 0.3 is 0 Å². The summed E-state index contributed by atoms with van der Waals surface area (Å²) < 4.78 is 0. The number of carbonyl (C=O) groups excluding carboxylic acids is 1. The van der Waals surface area contributed by atoms with Gasteiger partial charge in [-0.1, -0.05) is 42.8 Å². The molecule has 1 amide bonds. The predicted octanol–water partition coefficient (Wildman–Crippen LogP) is 3.60. The van der Waals surface area contributed by atoms with Gasteiger partial charge in [0.2, 0.25) is 5.91 Å². The molecule has 4 atom stereocenters. The molecule has 6 nitrogen and oxygen atoms in total. The number of pyridine rings is 1. The third-order valence-electron chi connectivity index (χ3n) is 8.62. The third-order valence-corrected chi connectivity index (χ3v) is 8.62. The minimum Gasteiger partial charge on any atom is -0.345 e. The van der Waals surface area contributed by atoms with Crippen LogP contribution in [0.3, 0.4) is 0 Å². The number of nitrogens with one attached hydrogen (secondary N) is 3. The van der Waals surface area contributed by atoms with Crippen LogP contribution in [0.15, 0.2) is 48.8 Å². The molecule has 6 heteroatoms. The maximum Gasteiger partial charge on any atom is 0.239 e. The average Bonchev–Trinajstić information content (AvgIpc) is 3.54. The highest BCUT2D eigenvalue weighted by atomic mass is 16.2. The van der Waals surface area contributed by atoms with E-state index in [4.69, 9.17) is 0 Å². The van der Waals surface area contributed by atoms with E-state index in [1.54, 1.807) is 0 Å². The normalized spacial score (nSPS) is 30.5. The Balaban J connectivity index is 1.12. The van der Waals surface area contributed by atoms with E-state index >= 15 is 0 Å². The zero-order valence-electron chi connectivity index (χ0n) is 20.0. The highest BCUT2D eigenvalue weighted by Gasteiger charge is 2.50. The Morgan fingerprint density at radius 2 is 1.88 bits per heavy atom. The molecule has 3 heterocycles. The van der Waals surface area contributed by atoms with Crippen LogP contribution >= 0.6 is 0 Å². The second-order valence-corrected chi connectivity index (χ2v) is 10.9. The van der Waals surface area contributed by atoms with Gasteiger partial charge in [0.15, 0.2) is 0 Å². The van der Waals surface area contributed by atoms with Crippen molar-refractivity contribution in [2.45, 2.75) is 81.5 Å². The maximum atomic E-state index is 13.4. The molecule has 2 aliphatic carbocycles. The number of amides is 1. The van der Waals surface area contributed by atoms with Gasteiger partial charge in [0.05, 0.1) is 5.54 Å². The van der Waals surface area contributed by atoms with Gasteiger partial charge < -0.3 is 5.32 Å². The summed E-state index contributed by atoms with van der Waals surface area (Å²) >= 11 is 0. The van der Waals surface area contributed by atoms with E-state index in [0.717, 1.165) is 38.6 Å².